The number of nitrogens with one attached hydrogen (secondary N) is 2. The van der Waals surface area contributed by atoms with Gasteiger partial charge in [-0.2, -0.15) is 0 Å². The summed E-state index contributed by atoms with van der Waals surface area (Å²) in [5, 5.41) is 13.0. The lowest BCUT2D eigenvalue weighted by Gasteiger charge is -2.20. The molecule has 3 amide bonds. The number of carbonyl (C=O) groups excluding carboxylic acids is 2. The second-order valence-electron chi connectivity index (χ2n) is 4.98. The molecule has 1 heterocycles. The quantitative estimate of drug-likeness (QED) is 0.604. The van der Waals surface area contributed by atoms with Crippen molar-refractivity contribution in [3.05, 3.63) is 12.2 Å². The molecule has 1 unspecified atom stereocenters. The van der Waals surface area contributed by atoms with Crippen LogP contribution in [-0.2, 0) is 9.59 Å². The molecule has 0 aliphatic carbocycles. The van der Waals surface area contributed by atoms with Gasteiger partial charge >= 0.3 is 12.0 Å². The fourth-order valence-corrected chi connectivity index (χ4v) is 2.08. The maximum absolute atomic E-state index is 11.4. The number of hydrogen-bond donors (Lipinski definition) is 3. The number of carboxylic acids is 1. The summed E-state index contributed by atoms with van der Waals surface area (Å²) in [5.74, 6) is -1.69. The Labute approximate surface area is 118 Å². The van der Waals surface area contributed by atoms with Crippen LogP contribution in [-0.4, -0.2) is 54.1 Å². The van der Waals surface area contributed by atoms with Crippen molar-refractivity contribution in [1.82, 2.24) is 15.5 Å². The van der Waals surface area contributed by atoms with Gasteiger partial charge in [-0.15, -0.1) is 0 Å². The smallest absolute Gasteiger partial charge is 0.328 e. The first-order valence-electron chi connectivity index (χ1n) is 6.69. The monoisotopic (exact) mass is 283 g/mol. The van der Waals surface area contributed by atoms with Crippen molar-refractivity contribution < 1.29 is 19.5 Å². The Balaban J connectivity index is 2.18. The van der Waals surface area contributed by atoms with E-state index >= 15 is 0 Å². The Morgan fingerprint density at radius 1 is 1.25 bits per heavy atom. The van der Waals surface area contributed by atoms with Crippen LogP contribution in [0.2, 0.25) is 0 Å². The number of hydrogen-bond acceptors (Lipinski definition) is 4. The van der Waals surface area contributed by atoms with Crippen molar-refractivity contribution in [2.45, 2.75) is 19.8 Å². The number of urea groups is 1. The molecule has 1 aliphatic heterocycles. The summed E-state index contributed by atoms with van der Waals surface area (Å²) in [4.78, 5) is 35.1. The highest BCUT2D eigenvalue weighted by Crippen LogP contribution is 2.09. The molecule has 3 N–H and O–H groups in total. The number of aliphatic carboxylic acids is 1. The van der Waals surface area contributed by atoms with Gasteiger partial charge in [0.1, 0.15) is 0 Å². The zero-order valence-corrected chi connectivity index (χ0v) is 11.6. The molecule has 7 nitrogen and oxygen atoms in total. The molecule has 1 rings (SSSR count). The van der Waals surface area contributed by atoms with E-state index in [-0.39, 0.29) is 0 Å². The highest BCUT2D eigenvalue weighted by atomic mass is 16.4. The van der Waals surface area contributed by atoms with Gasteiger partial charge in [0.25, 0.3) is 5.91 Å². The molecule has 0 aromatic carbocycles. The molecule has 0 aromatic heterocycles. The van der Waals surface area contributed by atoms with E-state index in [0.717, 1.165) is 25.7 Å². The average molecular weight is 283 g/mol. The zero-order chi connectivity index (χ0) is 15.0. The average Bonchev–Trinajstić information content (AvgIpc) is 2.86. The minimum atomic E-state index is -1.24. The normalized spacial score (nSPS) is 17.1. The van der Waals surface area contributed by atoms with Crippen LogP contribution in [0.3, 0.4) is 0 Å². The number of rotatable bonds is 6. The predicted molar refractivity (Wildman–Crippen MR) is 73.2 cm³/mol. The fourth-order valence-electron chi connectivity index (χ4n) is 2.08. The lowest BCUT2D eigenvalue weighted by molar-refractivity contribution is -0.131. The third kappa shape index (κ3) is 6.89. The molecular formula is C13H21N3O4. The first-order chi connectivity index (χ1) is 9.47. The zero-order valence-electron chi connectivity index (χ0n) is 11.6. The number of nitrogens with zero attached hydrogens (tertiary/aromatic N) is 1. The van der Waals surface area contributed by atoms with Gasteiger partial charge in [-0.05, 0) is 31.8 Å². The lowest BCUT2D eigenvalue weighted by Crippen LogP contribution is -2.42. The van der Waals surface area contributed by atoms with Crippen LogP contribution in [0.1, 0.15) is 19.8 Å². The van der Waals surface area contributed by atoms with E-state index in [2.05, 4.69) is 10.2 Å². The molecule has 20 heavy (non-hydrogen) atoms. The summed E-state index contributed by atoms with van der Waals surface area (Å²) in [7, 11) is 0. The Hall–Kier alpha value is -1.89. The van der Waals surface area contributed by atoms with E-state index in [1.807, 2.05) is 12.2 Å². The maximum Gasteiger partial charge on any atom is 0.328 e. The van der Waals surface area contributed by atoms with Crippen molar-refractivity contribution in [3.8, 4) is 0 Å². The number of amides is 3. The van der Waals surface area contributed by atoms with E-state index in [9.17, 15) is 14.4 Å². The number of carbonyl (C=O) groups is 3. The van der Waals surface area contributed by atoms with Gasteiger partial charge < -0.3 is 15.3 Å². The molecule has 0 bridgehead atoms. The summed E-state index contributed by atoms with van der Waals surface area (Å²) in [6, 6.07) is -0.613. The minimum absolute atomic E-state index is 0.295. The summed E-state index contributed by atoms with van der Waals surface area (Å²) >= 11 is 0. The molecule has 1 fully saturated rings. The Morgan fingerprint density at radius 3 is 2.50 bits per heavy atom. The predicted octanol–water partition coefficient (Wildman–Crippen LogP) is 0.185. The van der Waals surface area contributed by atoms with Crippen LogP contribution >= 0.6 is 0 Å². The summed E-state index contributed by atoms with van der Waals surface area (Å²) in [6.07, 6.45) is 3.93. The van der Waals surface area contributed by atoms with Crippen molar-refractivity contribution >= 4 is 17.9 Å². The Kier molecular flexibility index (Phi) is 6.72. The second kappa shape index (κ2) is 8.31. The van der Waals surface area contributed by atoms with E-state index < -0.39 is 17.9 Å². The molecule has 112 valence electrons. The van der Waals surface area contributed by atoms with E-state index in [1.54, 1.807) is 0 Å². The molecule has 0 saturated carbocycles. The SMILES string of the molecule is CC(CNC(=O)NC(=O)C=CC(=O)O)CN1CCCC1. The standard InChI is InChI=1S/C13H21N3O4/c1-10(9-16-6-2-3-7-16)8-14-13(20)15-11(17)4-5-12(18)19/h4-5,10H,2-3,6-9H2,1H3,(H,18,19)(H2,14,15,17,20). The van der Waals surface area contributed by atoms with Gasteiger partial charge in [0.15, 0.2) is 0 Å². The molecule has 0 spiro atoms. The molecule has 1 aliphatic rings. The van der Waals surface area contributed by atoms with Gasteiger partial charge in [-0.25, -0.2) is 9.59 Å². The van der Waals surface area contributed by atoms with E-state index in [4.69, 9.17) is 5.11 Å². The van der Waals surface area contributed by atoms with Crippen molar-refractivity contribution in [1.29, 1.82) is 0 Å². The number of imide groups is 1. The van der Waals surface area contributed by atoms with Gasteiger partial charge in [-0.3, -0.25) is 10.1 Å². The highest BCUT2D eigenvalue weighted by Gasteiger charge is 2.15. The topological polar surface area (TPSA) is 98.7 Å². The summed E-state index contributed by atoms with van der Waals surface area (Å²) in [6.45, 7) is 5.64. The second-order valence-corrected chi connectivity index (χ2v) is 4.98. The van der Waals surface area contributed by atoms with Crippen LogP contribution < -0.4 is 10.6 Å². The first-order valence-corrected chi connectivity index (χ1v) is 6.69. The van der Waals surface area contributed by atoms with E-state index in [0.29, 0.717) is 18.5 Å². The van der Waals surface area contributed by atoms with Crippen molar-refractivity contribution in [2.24, 2.45) is 5.92 Å². The van der Waals surface area contributed by atoms with Gasteiger partial charge in [0.2, 0.25) is 0 Å². The Bertz CT molecular complexity index is 389. The maximum atomic E-state index is 11.4. The Morgan fingerprint density at radius 2 is 1.90 bits per heavy atom. The number of likely N-dealkylation sites (tertiary alicyclic amines) is 1. The summed E-state index contributed by atoms with van der Waals surface area (Å²) < 4.78 is 0. The van der Waals surface area contributed by atoms with Gasteiger partial charge in [0, 0.05) is 25.2 Å². The van der Waals surface area contributed by atoms with Crippen molar-refractivity contribution in [3.63, 3.8) is 0 Å². The first kappa shape index (κ1) is 16.2. The van der Waals surface area contributed by atoms with Crippen LogP contribution in [0.5, 0.6) is 0 Å². The highest BCUT2D eigenvalue weighted by molar-refractivity contribution is 6.02. The summed E-state index contributed by atoms with van der Waals surface area (Å²) in [5.41, 5.74) is 0. The van der Waals surface area contributed by atoms with Gasteiger partial charge in [-0.1, -0.05) is 6.92 Å². The van der Waals surface area contributed by atoms with E-state index in [1.165, 1.54) is 12.8 Å². The molecule has 1 saturated heterocycles. The fraction of sp³-hybridized carbons (Fsp3) is 0.615. The molecule has 1 atom stereocenters. The molecule has 0 aromatic rings. The van der Waals surface area contributed by atoms with Crippen LogP contribution in [0.15, 0.2) is 12.2 Å². The number of carboxylic acid groups (broad SMARTS) is 1. The largest absolute Gasteiger partial charge is 0.478 e. The van der Waals surface area contributed by atoms with Crippen LogP contribution in [0.4, 0.5) is 4.79 Å². The molecular weight excluding hydrogens is 262 g/mol. The van der Waals surface area contributed by atoms with Crippen LogP contribution in [0, 0.1) is 5.92 Å². The van der Waals surface area contributed by atoms with Crippen LogP contribution in [0.25, 0.3) is 0 Å². The van der Waals surface area contributed by atoms with Crippen molar-refractivity contribution in [2.75, 3.05) is 26.2 Å². The molecule has 7 heteroatoms. The molecule has 0 radical (unpaired) electrons. The third-order valence-corrected chi connectivity index (χ3v) is 2.99. The minimum Gasteiger partial charge on any atom is -0.478 e. The van der Waals surface area contributed by atoms with Gasteiger partial charge in [0.05, 0.1) is 0 Å². The lowest BCUT2D eigenvalue weighted by atomic mass is 10.1. The third-order valence-electron chi connectivity index (χ3n) is 2.99.